The minimum atomic E-state index is -0.833. The van der Waals surface area contributed by atoms with Gasteiger partial charge in [0, 0.05) is 40.3 Å². The fourth-order valence-electron chi connectivity index (χ4n) is 0. The molecule has 10 N–H and O–H groups in total. The largest absolute Gasteiger partial charge is 0.481 e. The summed E-state index contributed by atoms with van der Waals surface area (Å²) >= 11 is 0. The van der Waals surface area contributed by atoms with E-state index in [0.717, 1.165) is 27.7 Å². The molecule has 0 amide bonds. The molecule has 0 spiro atoms. The summed E-state index contributed by atoms with van der Waals surface area (Å²) in [6.07, 6.45) is 0. The number of carboxylic acids is 4. The molecule has 0 aromatic rings. The summed E-state index contributed by atoms with van der Waals surface area (Å²) in [5.41, 5.74) is 10.2. The van der Waals surface area contributed by atoms with Gasteiger partial charge in [-0.2, -0.15) is 0 Å². The van der Waals surface area contributed by atoms with Gasteiger partial charge in [0.15, 0.2) is 0 Å². The van der Waals surface area contributed by atoms with Crippen LogP contribution in [0.2, 0.25) is 0 Å². The number of hydrogen-bond donors (Lipinski definition) is 6. The fraction of sp³-hybridized carbons (Fsp3) is 0.636. The second-order valence-electron chi connectivity index (χ2n) is 3.29. The molecule has 0 fully saturated rings. The third-order valence-corrected chi connectivity index (χ3v) is 0.372. The quantitative estimate of drug-likeness (QED) is 0.336. The lowest BCUT2D eigenvalue weighted by Crippen LogP contribution is -2.25. The molecule has 11 heteroatoms. The molecule has 0 saturated carbocycles. The second-order valence-corrected chi connectivity index (χ2v) is 3.29. The summed E-state index contributed by atoms with van der Waals surface area (Å²) in [4.78, 5) is 36.0. The Morgan fingerprint density at radius 1 is 0.773 bits per heavy atom. The van der Waals surface area contributed by atoms with Crippen molar-refractivity contribution in [2.75, 3.05) is 6.54 Å². The van der Waals surface area contributed by atoms with Crippen molar-refractivity contribution < 1.29 is 45.1 Å². The highest BCUT2D eigenvalue weighted by Crippen LogP contribution is 1.59. The summed E-state index contributed by atoms with van der Waals surface area (Å²) in [6, 6.07) is 0.162. The minimum absolute atomic E-state index is 0. The molecule has 0 bridgehead atoms. The van der Waals surface area contributed by atoms with E-state index in [1.807, 2.05) is 6.92 Å². The molecule has 0 aliphatic carbocycles. The molecule has 0 saturated heterocycles. The van der Waals surface area contributed by atoms with Gasteiger partial charge in [0.25, 0.3) is 23.9 Å². The smallest absolute Gasteiger partial charge is 0.300 e. The van der Waals surface area contributed by atoms with Crippen LogP contribution in [0.4, 0.5) is 0 Å². The molecule has 1 unspecified atom stereocenters. The highest BCUT2D eigenvalue weighted by atomic mass is 16.4. The second kappa shape index (κ2) is 31.3. The maximum Gasteiger partial charge on any atom is 0.300 e. The first-order valence-electron chi connectivity index (χ1n) is 5.44. The summed E-state index contributed by atoms with van der Waals surface area (Å²) in [5, 5.41) is 29.7. The summed E-state index contributed by atoms with van der Waals surface area (Å²) in [7, 11) is 0. The van der Waals surface area contributed by atoms with Gasteiger partial charge >= 0.3 is 0 Å². The fourth-order valence-corrected chi connectivity index (χ4v) is 0. The van der Waals surface area contributed by atoms with E-state index in [0.29, 0.717) is 6.54 Å². The molecular formula is C11H28N2O9. The number of carbonyl (C=O) groups is 4. The predicted octanol–water partition coefficient (Wildman–Crippen LogP) is -1.17. The topological polar surface area (TPSA) is 233 Å². The van der Waals surface area contributed by atoms with Gasteiger partial charge in [-0.3, -0.25) is 19.2 Å². The summed E-state index contributed by atoms with van der Waals surface area (Å²) in [5.74, 6) is -3.33. The van der Waals surface area contributed by atoms with E-state index in [4.69, 9.17) is 51.1 Å². The molecule has 0 aliphatic rings. The third kappa shape index (κ3) is 86600. The SMILES string of the molecule is CC(=O)O.CC(=O)O.CC(=O)O.CC(=O)O.CC(N)CN.O. The van der Waals surface area contributed by atoms with E-state index in [1.165, 1.54) is 0 Å². The Morgan fingerprint density at radius 3 is 0.818 bits per heavy atom. The van der Waals surface area contributed by atoms with Crippen molar-refractivity contribution in [3.63, 3.8) is 0 Å². The van der Waals surface area contributed by atoms with Crippen LogP contribution in [0.15, 0.2) is 0 Å². The standard InChI is InChI=1S/C3H10N2.4C2H4O2.H2O/c1-3(5)2-4;4*1-2(3)4;/h3H,2,4-5H2,1H3;4*1H3,(H,3,4);1H2. The number of hydrogen-bond acceptors (Lipinski definition) is 6. The average Bonchev–Trinajstić information content (AvgIpc) is 2.13. The van der Waals surface area contributed by atoms with Crippen molar-refractivity contribution in [3.8, 4) is 0 Å². The van der Waals surface area contributed by atoms with Crippen LogP contribution >= 0.6 is 0 Å². The van der Waals surface area contributed by atoms with Crippen molar-refractivity contribution >= 4 is 23.9 Å². The molecule has 0 aromatic carbocycles. The average molecular weight is 332 g/mol. The zero-order valence-corrected chi connectivity index (χ0v) is 13.4. The lowest BCUT2D eigenvalue weighted by molar-refractivity contribution is -0.135. The molecule has 0 radical (unpaired) electrons. The minimum Gasteiger partial charge on any atom is -0.481 e. The van der Waals surface area contributed by atoms with Gasteiger partial charge in [0.05, 0.1) is 0 Å². The Hall–Kier alpha value is -2.24. The van der Waals surface area contributed by atoms with Gasteiger partial charge in [-0.1, -0.05) is 0 Å². The van der Waals surface area contributed by atoms with Crippen molar-refractivity contribution in [2.24, 2.45) is 11.5 Å². The third-order valence-electron chi connectivity index (χ3n) is 0.372. The van der Waals surface area contributed by atoms with Crippen LogP contribution in [-0.4, -0.2) is 62.4 Å². The molecule has 11 nitrogen and oxygen atoms in total. The summed E-state index contributed by atoms with van der Waals surface area (Å²) < 4.78 is 0. The van der Waals surface area contributed by atoms with Crippen LogP contribution in [0.5, 0.6) is 0 Å². The van der Waals surface area contributed by atoms with Gasteiger partial charge in [-0.25, -0.2) is 0 Å². The van der Waals surface area contributed by atoms with E-state index in [-0.39, 0.29) is 11.5 Å². The lowest BCUT2D eigenvalue weighted by Gasteiger charge is -1.92. The monoisotopic (exact) mass is 332 g/mol. The van der Waals surface area contributed by atoms with Crippen molar-refractivity contribution in [3.05, 3.63) is 0 Å². The van der Waals surface area contributed by atoms with Gasteiger partial charge in [-0.05, 0) is 6.92 Å². The number of carboxylic acid groups (broad SMARTS) is 4. The van der Waals surface area contributed by atoms with E-state index in [1.54, 1.807) is 0 Å². The lowest BCUT2D eigenvalue weighted by atomic mass is 10.4. The molecule has 0 heterocycles. The van der Waals surface area contributed by atoms with Gasteiger partial charge < -0.3 is 37.4 Å². The van der Waals surface area contributed by atoms with Gasteiger partial charge in [0.1, 0.15) is 0 Å². The van der Waals surface area contributed by atoms with Crippen molar-refractivity contribution in [1.29, 1.82) is 0 Å². The van der Waals surface area contributed by atoms with Crippen molar-refractivity contribution in [1.82, 2.24) is 0 Å². The molecular weight excluding hydrogens is 304 g/mol. The van der Waals surface area contributed by atoms with Crippen molar-refractivity contribution in [2.45, 2.75) is 40.7 Å². The van der Waals surface area contributed by atoms with E-state index in [2.05, 4.69) is 0 Å². The molecule has 0 aliphatic heterocycles. The summed E-state index contributed by atoms with van der Waals surface area (Å²) in [6.45, 7) is 6.79. The van der Waals surface area contributed by atoms with Gasteiger partial charge in [-0.15, -0.1) is 0 Å². The van der Waals surface area contributed by atoms with E-state index in [9.17, 15) is 0 Å². The number of nitrogens with two attached hydrogens (primary N) is 2. The maximum atomic E-state index is 9.00. The normalized spacial score (nSPS) is 7.95. The van der Waals surface area contributed by atoms with Gasteiger partial charge in [0.2, 0.25) is 0 Å². The molecule has 0 aromatic heterocycles. The highest BCUT2D eigenvalue weighted by Gasteiger charge is 1.79. The van der Waals surface area contributed by atoms with Crippen LogP contribution < -0.4 is 11.5 Å². The first-order valence-corrected chi connectivity index (χ1v) is 5.44. The Kier molecular flexibility index (Phi) is 52.2. The molecule has 0 rings (SSSR count). The Balaban J connectivity index is -0.0000000361. The Bertz CT molecular complexity index is 217. The van der Waals surface area contributed by atoms with E-state index >= 15 is 0 Å². The predicted molar refractivity (Wildman–Crippen MR) is 79.6 cm³/mol. The van der Waals surface area contributed by atoms with Crippen LogP contribution in [0.1, 0.15) is 34.6 Å². The molecule has 22 heavy (non-hydrogen) atoms. The zero-order chi connectivity index (χ0) is 18.6. The highest BCUT2D eigenvalue weighted by molar-refractivity contribution is 5.63. The molecule has 136 valence electrons. The van der Waals surface area contributed by atoms with E-state index < -0.39 is 23.9 Å². The first kappa shape index (κ1) is 36.7. The van der Waals surface area contributed by atoms with Crippen LogP contribution in [0.3, 0.4) is 0 Å². The van der Waals surface area contributed by atoms with Crippen LogP contribution in [0.25, 0.3) is 0 Å². The Labute approximate surface area is 128 Å². The van der Waals surface area contributed by atoms with Crippen LogP contribution in [-0.2, 0) is 19.2 Å². The van der Waals surface area contributed by atoms with Crippen LogP contribution in [0, 0.1) is 0 Å². The first-order chi connectivity index (χ1) is 9.20. The zero-order valence-electron chi connectivity index (χ0n) is 13.4. The number of aliphatic carboxylic acids is 4. The maximum absolute atomic E-state index is 9.00. The Morgan fingerprint density at radius 2 is 0.818 bits per heavy atom. The molecule has 1 atom stereocenters. The number of rotatable bonds is 1.